The SMILES string of the molecule is COCCCOCCOc1cccc(B(O)O)c1. The molecular formula is C12H19BO5. The van der Waals surface area contributed by atoms with Gasteiger partial charge in [-0.15, -0.1) is 0 Å². The van der Waals surface area contributed by atoms with Gasteiger partial charge in [-0.1, -0.05) is 12.1 Å². The van der Waals surface area contributed by atoms with Crippen molar-refractivity contribution in [1.82, 2.24) is 0 Å². The summed E-state index contributed by atoms with van der Waals surface area (Å²) < 4.78 is 15.7. The summed E-state index contributed by atoms with van der Waals surface area (Å²) in [6.45, 7) is 2.26. The van der Waals surface area contributed by atoms with Gasteiger partial charge in [0, 0.05) is 20.3 Å². The van der Waals surface area contributed by atoms with E-state index in [2.05, 4.69) is 0 Å². The van der Waals surface area contributed by atoms with E-state index in [1.165, 1.54) is 0 Å². The largest absolute Gasteiger partial charge is 0.491 e. The van der Waals surface area contributed by atoms with Gasteiger partial charge in [-0.3, -0.25) is 0 Å². The van der Waals surface area contributed by atoms with Crippen LogP contribution in [0, 0.1) is 0 Å². The van der Waals surface area contributed by atoms with Crippen molar-refractivity contribution in [1.29, 1.82) is 0 Å². The van der Waals surface area contributed by atoms with Crippen molar-refractivity contribution >= 4 is 12.6 Å². The van der Waals surface area contributed by atoms with E-state index >= 15 is 0 Å². The fraction of sp³-hybridized carbons (Fsp3) is 0.500. The van der Waals surface area contributed by atoms with Crippen molar-refractivity contribution in [2.24, 2.45) is 0 Å². The van der Waals surface area contributed by atoms with Crippen LogP contribution in [-0.2, 0) is 9.47 Å². The van der Waals surface area contributed by atoms with E-state index in [0.717, 1.165) is 6.42 Å². The summed E-state index contributed by atoms with van der Waals surface area (Å²) in [5.41, 5.74) is 0.411. The molecule has 2 N–H and O–H groups in total. The summed E-state index contributed by atoms with van der Waals surface area (Å²) in [4.78, 5) is 0. The zero-order valence-electron chi connectivity index (χ0n) is 10.5. The number of ether oxygens (including phenoxy) is 3. The van der Waals surface area contributed by atoms with Crippen LogP contribution in [0.5, 0.6) is 5.75 Å². The van der Waals surface area contributed by atoms with Gasteiger partial charge >= 0.3 is 7.12 Å². The summed E-state index contributed by atoms with van der Waals surface area (Å²) >= 11 is 0. The average molecular weight is 254 g/mol. The molecule has 1 aromatic rings. The zero-order valence-corrected chi connectivity index (χ0v) is 10.5. The number of rotatable bonds is 9. The molecule has 5 nitrogen and oxygen atoms in total. The first-order valence-electron chi connectivity index (χ1n) is 5.89. The van der Waals surface area contributed by atoms with Crippen molar-refractivity contribution in [3.05, 3.63) is 24.3 Å². The topological polar surface area (TPSA) is 68.2 Å². The number of benzene rings is 1. The fourth-order valence-corrected chi connectivity index (χ4v) is 1.39. The molecule has 0 atom stereocenters. The molecule has 0 unspecified atom stereocenters. The maximum Gasteiger partial charge on any atom is 0.488 e. The molecule has 100 valence electrons. The molecule has 0 aliphatic rings. The maximum atomic E-state index is 9.00. The van der Waals surface area contributed by atoms with E-state index < -0.39 is 7.12 Å². The Morgan fingerprint density at radius 3 is 2.67 bits per heavy atom. The predicted octanol–water partition coefficient (Wildman–Crippen LogP) is -0.202. The Bertz CT molecular complexity index is 332. The van der Waals surface area contributed by atoms with Crippen molar-refractivity contribution in [3.8, 4) is 5.75 Å². The Kier molecular flexibility index (Phi) is 7.44. The lowest BCUT2D eigenvalue weighted by atomic mass is 9.80. The highest BCUT2D eigenvalue weighted by Gasteiger charge is 2.10. The maximum absolute atomic E-state index is 9.00. The van der Waals surface area contributed by atoms with Gasteiger partial charge in [0.1, 0.15) is 12.4 Å². The second-order valence-corrected chi connectivity index (χ2v) is 3.75. The van der Waals surface area contributed by atoms with Crippen molar-refractivity contribution in [3.63, 3.8) is 0 Å². The Morgan fingerprint density at radius 2 is 1.94 bits per heavy atom. The van der Waals surface area contributed by atoms with E-state index in [4.69, 9.17) is 24.3 Å². The first-order chi connectivity index (χ1) is 8.74. The van der Waals surface area contributed by atoms with Crippen LogP contribution in [0.2, 0.25) is 0 Å². The molecule has 0 saturated heterocycles. The average Bonchev–Trinajstić information content (AvgIpc) is 2.38. The lowest BCUT2D eigenvalue weighted by Crippen LogP contribution is -2.29. The van der Waals surface area contributed by atoms with Crippen LogP contribution < -0.4 is 10.2 Å². The first kappa shape index (κ1) is 15.0. The van der Waals surface area contributed by atoms with Gasteiger partial charge in [-0.25, -0.2) is 0 Å². The van der Waals surface area contributed by atoms with Crippen LogP contribution in [0.4, 0.5) is 0 Å². The third-order valence-corrected chi connectivity index (χ3v) is 2.29. The van der Waals surface area contributed by atoms with Crippen LogP contribution in [0.15, 0.2) is 24.3 Å². The normalized spacial score (nSPS) is 10.4. The molecule has 1 aromatic carbocycles. The molecule has 0 amide bonds. The van der Waals surface area contributed by atoms with E-state index in [-0.39, 0.29) is 0 Å². The van der Waals surface area contributed by atoms with Gasteiger partial charge in [0.2, 0.25) is 0 Å². The second-order valence-electron chi connectivity index (χ2n) is 3.75. The number of methoxy groups -OCH3 is 1. The van der Waals surface area contributed by atoms with Crippen LogP contribution >= 0.6 is 0 Å². The standard InChI is InChI=1S/C12H19BO5/c1-16-6-3-7-17-8-9-18-12-5-2-4-11(10-12)13(14)15/h2,4-5,10,14-15H,3,6-9H2,1H3. The second kappa shape index (κ2) is 8.94. The highest BCUT2D eigenvalue weighted by molar-refractivity contribution is 6.58. The molecule has 0 fully saturated rings. The van der Waals surface area contributed by atoms with Crippen LogP contribution in [-0.4, -0.2) is 50.7 Å². The molecule has 6 heteroatoms. The molecule has 0 bridgehead atoms. The first-order valence-corrected chi connectivity index (χ1v) is 5.89. The molecule has 0 aliphatic heterocycles. The summed E-state index contributed by atoms with van der Waals surface area (Å²) in [5.74, 6) is 0.598. The van der Waals surface area contributed by atoms with Crippen LogP contribution in [0.1, 0.15) is 6.42 Å². The van der Waals surface area contributed by atoms with Gasteiger partial charge < -0.3 is 24.3 Å². The minimum atomic E-state index is -1.47. The smallest absolute Gasteiger partial charge is 0.488 e. The van der Waals surface area contributed by atoms with Crippen molar-refractivity contribution < 1.29 is 24.3 Å². The quantitative estimate of drug-likeness (QED) is 0.471. The summed E-state index contributed by atoms with van der Waals surface area (Å²) in [7, 11) is 0.185. The summed E-state index contributed by atoms with van der Waals surface area (Å²) in [6, 6.07) is 6.69. The minimum Gasteiger partial charge on any atom is -0.491 e. The third-order valence-electron chi connectivity index (χ3n) is 2.29. The summed E-state index contributed by atoms with van der Waals surface area (Å²) in [5, 5.41) is 18.0. The van der Waals surface area contributed by atoms with Crippen LogP contribution in [0.3, 0.4) is 0 Å². The lowest BCUT2D eigenvalue weighted by Gasteiger charge is -2.08. The Balaban J connectivity index is 2.17. The van der Waals surface area contributed by atoms with E-state index in [1.54, 1.807) is 31.4 Å². The third kappa shape index (κ3) is 6.02. The monoisotopic (exact) mass is 254 g/mol. The molecule has 18 heavy (non-hydrogen) atoms. The van der Waals surface area contributed by atoms with E-state index in [9.17, 15) is 0 Å². The van der Waals surface area contributed by atoms with Crippen molar-refractivity contribution in [2.75, 3.05) is 33.5 Å². The minimum absolute atomic E-state index is 0.411. The predicted molar refractivity (Wildman–Crippen MR) is 69.1 cm³/mol. The molecule has 0 radical (unpaired) electrons. The highest BCUT2D eigenvalue weighted by atomic mass is 16.5. The van der Waals surface area contributed by atoms with Gasteiger partial charge in [-0.2, -0.15) is 0 Å². The molecule has 0 saturated carbocycles. The van der Waals surface area contributed by atoms with Gasteiger partial charge in [-0.05, 0) is 24.0 Å². The molecule has 0 aromatic heterocycles. The number of hydrogen-bond acceptors (Lipinski definition) is 5. The van der Waals surface area contributed by atoms with Gasteiger partial charge in [0.15, 0.2) is 0 Å². The Labute approximate surface area is 107 Å². The molecule has 1 rings (SSSR count). The van der Waals surface area contributed by atoms with E-state index in [1.807, 2.05) is 0 Å². The number of hydrogen-bond donors (Lipinski definition) is 2. The fourth-order valence-electron chi connectivity index (χ4n) is 1.39. The highest BCUT2D eigenvalue weighted by Crippen LogP contribution is 2.07. The van der Waals surface area contributed by atoms with Crippen molar-refractivity contribution in [2.45, 2.75) is 6.42 Å². The van der Waals surface area contributed by atoms with Gasteiger partial charge in [0.25, 0.3) is 0 Å². The van der Waals surface area contributed by atoms with Crippen LogP contribution in [0.25, 0.3) is 0 Å². The molecule has 0 heterocycles. The molecule has 0 aliphatic carbocycles. The summed E-state index contributed by atoms with van der Waals surface area (Å²) in [6.07, 6.45) is 0.864. The lowest BCUT2D eigenvalue weighted by molar-refractivity contribution is 0.0806. The van der Waals surface area contributed by atoms with Gasteiger partial charge in [0.05, 0.1) is 6.61 Å². The zero-order chi connectivity index (χ0) is 13.2. The Morgan fingerprint density at radius 1 is 1.11 bits per heavy atom. The molecule has 0 spiro atoms. The molecular weight excluding hydrogens is 235 g/mol. The Hall–Kier alpha value is -1.08. The van der Waals surface area contributed by atoms with E-state index in [0.29, 0.717) is 37.6 Å².